The molecule has 2 N–H and O–H groups in total. The molecule has 0 saturated heterocycles. The van der Waals surface area contributed by atoms with Crippen LogP contribution in [0.25, 0.3) is 0 Å². The third-order valence-corrected chi connectivity index (χ3v) is 11.9. The van der Waals surface area contributed by atoms with Gasteiger partial charge in [0.1, 0.15) is 0 Å². The van der Waals surface area contributed by atoms with Gasteiger partial charge in [-0.2, -0.15) is 0 Å². The van der Waals surface area contributed by atoms with Crippen LogP contribution in [0.15, 0.2) is 0 Å². The van der Waals surface area contributed by atoms with E-state index in [4.69, 9.17) is 11.2 Å². The molecule has 0 heterocycles. The fraction of sp³-hybridized carbons (Fsp3) is 1.00. The minimum absolute atomic E-state index is 0.443. The average Bonchev–Trinajstić information content (AvgIpc) is 2.40. The molecule has 0 aromatic heterocycles. The molecule has 0 aliphatic carbocycles. The fourth-order valence-electron chi connectivity index (χ4n) is 2.77. The average molecular weight is 313 g/mol. The Kier molecular flexibility index (Phi) is 9.88. The predicted octanol–water partition coefficient (Wildman–Crippen LogP) is 4.79. The van der Waals surface area contributed by atoms with Gasteiger partial charge in [-0.15, -0.1) is 0 Å². The molecule has 0 atom stereocenters. The van der Waals surface area contributed by atoms with Crippen LogP contribution in [0.4, 0.5) is 0 Å². The van der Waals surface area contributed by atoms with Crippen molar-refractivity contribution in [3.05, 3.63) is 0 Å². The van der Waals surface area contributed by atoms with E-state index >= 15 is 0 Å². The number of aliphatic hydroxyl groups is 2. The van der Waals surface area contributed by atoms with E-state index < -0.39 is 12.2 Å². The molecule has 0 aromatic carbocycles. The van der Waals surface area contributed by atoms with E-state index in [0.717, 1.165) is 24.6 Å². The van der Waals surface area contributed by atoms with Crippen molar-refractivity contribution in [3.8, 4) is 0 Å². The summed E-state index contributed by atoms with van der Waals surface area (Å²) < 4.78 is 0. The Balaban J connectivity index is 4.92. The number of unbranched alkanes of at least 4 members (excludes halogenated alkanes) is 3. The quantitative estimate of drug-likeness (QED) is 0.401. The summed E-state index contributed by atoms with van der Waals surface area (Å²) in [4.78, 5) is 0. The van der Waals surface area contributed by atoms with E-state index in [-0.39, 0.29) is 0 Å². The van der Waals surface area contributed by atoms with E-state index in [1.165, 1.54) is 38.5 Å². The van der Waals surface area contributed by atoms with Crippen molar-refractivity contribution < 1.29 is 10.2 Å². The third-order valence-electron chi connectivity index (χ3n) is 4.16. The van der Waals surface area contributed by atoms with Gasteiger partial charge in [-0.3, -0.25) is 0 Å². The second kappa shape index (κ2) is 9.55. The van der Waals surface area contributed by atoms with Gasteiger partial charge in [0.25, 0.3) is 0 Å². The summed E-state index contributed by atoms with van der Waals surface area (Å²) in [5, 5.41) is 18.4. The van der Waals surface area contributed by atoms with E-state index in [0.29, 0.717) is 6.42 Å². The molecular weight excluding hydrogens is 279 g/mol. The molecule has 2 nitrogen and oxygen atoms in total. The molecule has 0 radical (unpaired) electrons. The van der Waals surface area contributed by atoms with Crippen LogP contribution in [0, 0.1) is 0 Å². The Morgan fingerprint density at radius 3 is 1.42 bits per heavy atom. The first kappa shape index (κ1) is 19.6. The van der Waals surface area contributed by atoms with Gasteiger partial charge < -0.3 is 0 Å². The van der Waals surface area contributed by atoms with Crippen LogP contribution in [0.5, 0.6) is 0 Å². The molecule has 0 spiro atoms. The van der Waals surface area contributed by atoms with Gasteiger partial charge in [0.2, 0.25) is 0 Å². The van der Waals surface area contributed by atoms with Crippen LogP contribution in [-0.4, -0.2) is 41.2 Å². The minimum atomic E-state index is -2.25. The van der Waals surface area contributed by atoms with Gasteiger partial charge in [0.15, 0.2) is 0 Å². The molecule has 0 fully saturated rings. The van der Waals surface area contributed by atoms with Crippen molar-refractivity contribution in [1.82, 2.24) is 0 Å². The van der Waals surface area contributed by atoms with E-state index in [1.54, 1.807) is 0 Å². The Bertz CT molecular complexity index is 210. The Morgan fingerprint density at radius 2 is 1.16 bits per heavy atom. The zero-order chi connectivity index (χ0) is 14.8. The molecule has 4 heteroatoms. The normalized spacial score (nSPS) is 14.6. The summed E-state index contributed by atoms with van der Waals surface area (Å²) in [5.41, 5.74) is 0. The zero-order valence-electron chi connectivity index (χ0n) is 13.1. The summed E-state index contributed by atoms with van der Waals surface area (Å²) in [5.74, 6) is -2.25. The number of halogens is 1. The third kappa shape index (κ3) is 7.85. The van der Waals surface area contributed by atoms with Gasteiger partial charge >= 0.3 is 124 Å². The molecule has 0 bridgehead atoms. The molecular formula is C15H34ClO2P. The van der Waals surface area contributed by atoms with Gasteiger partial charge in [-0.1, -0.05) is 0 Å². The van der Waals surface area contributed by atoms with Crippen LogP contribution in [0.2, 0.25) is 0 Å². The summed E-state index contributed by atoms with van der Waals surface area (Å²) in [6.45, 7) is 6.62. The van der Waals surface area contributed by atoms with Crippen molar-refractivity contribution in [1.29, 1.82) is 0 Å². The molecule has 118 valence electrons. The van der Waals surface area contributed by atoms with Crippen LogP contribution in [-0.2, 0) is 0 Å². The first-order chi connectivity index (χ1) is 8.90. The Morgan fingerprint density at radius 1 is 0.789 bits per heavy atom. The van der Waals surface area contributed by atoms with Crippen molar-refractivity contribution in [3.63, 3.8) is 0 Å². The van der Waals surface area contributed by atoms with Crippen molar-refractivity contribution in [2.45, 2.75) is 72.0 Å². The molecule has 19 heavy (non-hydrogen) atoms. The van der Waals surface area contributed by atoms with Gasteiger partial charge in [0.05, 0.1) is 0 Å². The predicted molar refractivity (Wildman–Crippen MR) is 89.8 cm³/mol. The second-order valence-electron chi connectivity index (χ2n) is 6.04. The van der Waals surface area contributed by atoms with E-state index in [9.17, 15) is 10.2 Å². The standard InChI is InChI=1S/C15H34ClO2P/c1-4-7-11-19(16,12-8-5-2,13-9-6-3)14-10-15(17)18/h15,17-18H,4-14H2,1-3H3. The molecule has 0 amide bonds. The monoisotopic (exact) mass is 312 g/mol. The number of hydrogen-bond donors (Lipinski definition) is 2. The van der Waals surface area contributed by atoms with Crippen LogP contribution >= 0.6 is 17.2 Å². The van der Waals surface area contributed by atoms with Crippen LogP contribution < -0.4 is 0 Å². The van der Waals surface area contributed by atoms with Crippen LogP contribution in [0.3, 0.4) is 0 Å². The fourth-order valence-corrected chi connectivity index (χ4v) is 9.67. The molecule has 0 aliphatic heterocycles. The summed E-state index contributed by atoms with van der Waals surface area (Å²) in [6.07, 6.45) is 10.5. The number of aliphatic hydroxyl groups excluding tert-OH is 1. The Hall–Kier alpha value is 0.640. The number of rotatable bonds is 12. The Labute approximate surface area is 124 Å². The molecule has 0 aliphatic rings. The second-order valence-corrected chi connectivity index (χ2v) is 14.3. The summed E-state index contributed by atoms with van der Waals surface area (Å²) >= 11 is 7.29. The molecule has 0 aromatic rings. The maximum absolute atomic E-state index is 9.22. The zero-order valence-corrected chi connectivity index (χ0v) is 14.7. The van der Waals surface area contributed by atoms with Crippen molar-refractivity contribution >= 4 is 17.2 Å². The van der Waals surface area contributed by atoms with E-state index in [1.807, 2.05) is 0 Å². The SMILES string of the molecule is CCCCP(Cl)(CCCC)(CCCC)CCC(O)O. The van der Waals surface area contributed by atoms with Crippen LogP contribution in [0.1, 0.15) is 65.7 Å². The summed E-state index contributed by atoms with van der Waals surface area (Å²) in [6, 6.07) is 0. The molecule has 0 unspecified atom stereocenters. The first-order valence-electron chi connectivity index (χ1n) is 7.98. The molecule has 0 rings (SSSR count). The van der Waals surface area contributed by atoms with E-state index in [2.05, 4.69) is 20.8 Å². The van der Waals surface area contributed by atoms with Gasteiger partial charge in [-0.25, -0.2) is 0 Å². The topological polar surface area (TPSA) is 40.5 Å². The number of hydrogen-bond acceptors (Lipinski definition) is 2. The molecule has 0 saturated carbocycles. The van der Waals surface area contributed by atoms with Gasteiger partial charge in [-0.05, 0) is 0 Å². The first-order valence-corrected chi connectivity index (χ1v) is 11.9. The maximum atomic E-state index is 9.22. The van der Waals surface area contributed by atoms with Crippen molar-refractivity contribution in [2.24, 2.45) is 0 Å². The van der Waals surface area contributed by atoms with Crippen molar-refractivity contribution in [2.75, 3.05) is 24.6 Å². The van der Waals surface area contributed by atoms with Gasteiger partial charge in [0, 0.05) is 0 Å². The summed E-state index contributed by atoms with van der Waals surface area (Å²) in [7, 11) is 0.